The summed E-state index contributed by atoms with van der Waals surface area (Å²) in [7, 11) is 0. The molecular formula is C28H33N3O6. The first-order chi connectivity index (χ1) is 17.8. The number of ether oxygens (including phenoxy) is 2. The molecule has 37 heavy (non-hydrogen) atoms. The number of anilines is 2. The molecule has 5 rings (SSSR count). The summed E-state index contributed by atoms with van der Waals surface area (Å²) in [5.41, 5.74) is 2.04. The average molecular weight is 508 g/mol. The number of amides is 3. The number of carbonyl (C=O) groups excluding carboxylic acids is 3. The molecule has 2 aromatic carbocycles. The van der Waals surface area contributed by atoms with E-state index in [4.69, 9.17) is 9.47 Å². The van der Waals surface area contributed by atoms with Crippen molar-refractivity contribution in [2.45, 2.75) is 51.4 Å². The smallest absolute Gasteiger partial charge is 0.250 e. The highest BCUT2D eigenvalue weighted by Gasteiger charge is 2.74. The fourth-order valence-corrected chi connectivity index (χ4v) is 6.20. The van der Waals surface area contributed by atoms with Crippen LogP contribution in [0.4, 0.5) is 11.4 Å². The van der Waals surface area contributed by atoms with Gasteiger partial charge in [0.2, 0.25) is 17.7 Å². The summed E-state index contributed by atoms with van der Waals surface area (Å²) >= 11 is 0. The number of hydrogen-bond donors (Lipinski definition) is 3. The van der Waals surface area contributed by atoms with Crippen LogP contribution in [0.2, 0.25) is 0 Å². The standard InChI is InChI=1S/C28H33N3O6/c1-4-36-19-9-7-18(8-10-19)29-25(33)22-21-11-12-28(37-21)23(22)27(35)31(13-14-32)24(28)26(34)30-20-15-16(2)5-6-17(20)3/h5-10,15,21-24,32H,4,11-14H2,1-3H3,(H,29,33)(H,30,34)/t21-,22+,23-,24?,28?/m0/s1. The summed E-state index contributed by atoms with van der Waals surface area (Å²) in [4.78, 5) is 42.3. The van der Waals surface area contributed by atoms with Crippen molar-refractivity contribution in [1.29, 1.82) is 0 Å². The van der Waals surface area contributed by atoms with Crippen LogP contribution < -0.4 is 15.4 Å². The minimum atomic E-state index is -1.11. The van der Waals surface area contributed by atoms with Crippen LogP contribution in [0.25, 0.3) is 0 Å². The number of rotatable bonds is 8. The van der Waals surface area contributed by atoms with Crippen molar-refractivity contribution >= 4 is 29.1 Å². The first kappa shape index (κ1) is 25.2. The van der Waals surface area contributed by atoms with Crippen molar-refractivity contribution < 1.29 is 29.0 Å². The van der Waals surface area contributed by atoms with E-state index in [-0.39, 0.29) is 30.9 Å². The lowest BCUT2D eigenvalue weighted by Gasteiger charge is -2.33. The molecule has 9 nitrogen and oxygen atoms in total. The molecule has 3 amide bonds. The second-order valence-electron chi connectivity index (χ2n) is 10.1. The van der Waals surface area contributed by atoms with E-state index in [1.165, 1.54) is 4.90 Å². The van der Waals surface area contributed by atoms with Crippen LogP contribution in [0, 0.1) is 25.7 Å². The zero-order valence-electron chi connectivity index (χ0n) is 21.3. The molecule has 3 fully saturated rings. The van der Waals surface area contributed by atoms with Gasteiger partial charge in [0, 0.05) is 17.9 Å². The maximum atomic E-state index is 13.7. The van der Waals surface area contributed by atoms with Gasteiger partial charge in [0.25, 0.3) is 0 Å². The Hall–Kier alpha value is -3.43. The Bertz CT molecular complexity index is 1210. The fraction of sp³-hybridized carbons (Fsp3) is 0.464. The lowest BCUT2D eigenvalue weighted by Crippen LogP contribution is -2.53. The number of benzene rings is 2. The van der Waals surface area contributed by atoms with Gasteiger partial charge in [0.1, 0.15) is 17.4 Å². The number of aliphatic hydroxyl groups is 1. The number of nitrogens with zero attached hydrogens (tertiary/aromatic N) is 1. The maximum absolute atomic E-state index is 13.7. The number of fused-ring (bicyclic) bond motifs is 1. The minimum absolute atomic E-state index is 0.0107. The van der Waals surface area contributed by atoms with Crippen molar-refractivity contribution in [3.05, 3.63) is 53.6 Å². The molecule has 0 saturated carbocycles. The van der Waals surface area contributed by atoms with E-state index in [0.29, 0.717) is 36.6 Å². The first-order valence-electron chi connectivity index (χ1n) is 12.8. The van der Waals surface area contributed by atoms with Gasteiger partial charge in [-0.3, -0.25) is 14.4 Å². The van der Waals surface area contributed by atoms with E-state index < -0.39 is 29.6 Å². The first-order valence-corrected chi connectivity index (χ1v) is 12.8. The van der Waals surface area contributed by atoms with Gasteiger partial charge in [0.05, 0.1) is 31.2 Å². The zero-order chi connectivity index (χ0) is 26.3. The second-order valence-corrected chi connectivity index (χ2v) is 10.1. The van der Waals surface area contributed by atoms with Gasteiger partial charge in [-0.15, -0.1) is 0 Å². The number of hydrogen-bond acceptors (Lipinski definition) is 6. The van der Waals surface area contributed by atoms with Gasteiger partial charge in [0.15, 0.2) is 0 Å². The normalized spacial score (nSPS) is 27.8. The highest BCUT2D eigenvalue weighted by atomic mass is 16.5. The van der Waals surface area contributed by atoms with Gasteiger partial charge in [-0.05, 0) is 75.1 Å². The van der Waals surface area contributed by atoms with Crippen molar-refractivity contribution in [1.82, 2.24) is 4.90 Å². The third kappa shape index (κ3) is 4.26. The molecule has 0 aliphatic carbocycles. The molecule has 3 aliphatic heterocycles. The third-order valence-corrected chi connectivity index (χ3v) is 7.78. The monoisotopic (exact) mass is 507 g/mol. The SMILES string of the molecule is CCOc1ccc(NC(=O)[C@@H]2[C@@H]3CCC4(O3)C(C(=O)Nc3cc(C)ccc3C)N(CCO)C(=O)[C@H]24)cc1. The van der Waals surface area contributed by atoms with Gasteiger partial charge in [-0.2, -0.15) is 0 Å². The molecule has 3 saturated heterocycles. The van der Waals surface area contributed by atoms with Crippen LogP contribution in [-0.2, 0) is 19.1 Å². The van der Waals surface area contributed by atoms with Gasteiger partial charge < -0.3 is 30.1 Å². The molecule has 3 N–H and O–H groups in total. The lowest BCUT2D eigenvalue weighted by atomic mass is 9.70. The summed E-state index contributed by atoms with van der Waals surface area (Å²) in [5, 5.41) is 15.6. The molecule has 196 valence electrons. The second kappa shape index (κ2) is 9.79. The van der Waals surface area contributed by atoms with E-state index in [1.54, 1.807) is 24.3 Å². The molecule has 2 unspecified atom stereocenters. The number of aliphatic hydroxyl groups excluding tert-OH is 1. The quantitative estimate of drug-likeness (QED) is 0.506. The van der Waals surface area contributed by atoms with Gasteiger partial charge >= 0.3 is 0 Å². The number of likely N-dealkylation sites (tertiary alicyclic amines) is 1. The molecule has 0 aromatic heterocycles. The zero-order valence-corrected chi connectivity index (χ0v) is 21.3. The molecule has 1 spiro atoms. The summed E-state index contributed by atoms with van der Waals surface area (Å²) in [6.45, 7) is 5.98. The van der Waals surface area contributed by atoms with Crippen LogP contribution in [0.5, 0.6) is 5.75 Å². The Labute approximate surface area is 216 Å². The van der Waals surface area contributed by atoms with Crippen LogP contribution in [0.3, 0.4) is 0 Å². The summed E-state index contributed by atoms with van der Waals surface area (Å²) in [6.07, 6.45) is 0.614. The highest BCUT2D eigenvalue weighted by Crippen LogP contribution is 2.58. The van der Waals surface area contributed by atoms with E-state index in [9.17, 15) is 19.5 Å². The van der Waals surface area contributed by atoms with Crippen molar-refractivity contribution in [3.8, 4) is 5.75 Å². The van der Waals surface area contributed by atoms with Crippen molar-refractivity contribution in [3.63, 3.8) is 0 Å². The Balaban J connectivity index is 1.42. The highest BCUT2D eigenvalue weighted by molar-refractivity contribution is 6.05. The Morgan fingerprint density at radius 1 is 1.14 bits per heavy atom. The Kier molecular flexibility index (Phi) is 6.68. The fourth-order valence-electron chi connectivity index (χ4n) is 6.20. The predicted octanol–water partition coefficient (Wildman–Crippen LogP) is 2.65. The topological polar surface area (TPSA) is 117 Å². The average Bonchev–Trinajstić information content (AvgIpc) is 3.51. The summed E-state index contributed by atoms with van der Waals surface area (Å²) in [6, 6.07) is 11.9. The Morgan fingerprint density at radius 3 is 2.59 bits per heavy atom. The number of nitrogens with one attached hydrogen (secondary N) is 2. The molecule has 3 aliphatic rings. The molecule has 0 radical (unpaired) electrons. The van der Waals surface area contributed by atoms with E-state index in [0.717, 1.165) is 11.1 Å². The third-order valence-electron chi connectivity index (χ3n) is 7.78. The molecule has 2 bridgehead atoms. The minimum Gasteiger partial charge on any atom is -0.494 e. The molecule has 2 aromatic rings. The summed E-state index contributed by atoms with van der Waals surface area (Å²) < 4.78 is 11.9. The maximum Gasteiger partial charge on any atom is 0.250 e. The summed E-state index contributed by atoms with van der Waals surface area (Å²) in [5.74, 6) is -1.84. The number of aryl methyl sites for hydroxylation is 2. The van der Waals surface area contributed by atoms with E-state index in [2.05, 4.69) is 10.6 Å². The van der Waals surface area contributed by atoms with Gasteiger partial charge in [-0.1, -0.05) is 12.1 Å². The number of carbonyl (C=O) groups is 3. The van der Waals surface area contributed by atoms with E-state index >= 15 is 0 Å². The molecule has 5 atom stereocenters. The molecule has 9 heteroatoms. The van der Waals surface area contributed by atoms with Crippen LogP contribution in [0.1, 0.15) is 30.9 Å². The molecular weight excluding hydrogens is 474 g/mol. The van der Waals surface area contributed by atoms with E-state index in [1.807, 2.05) is 39.0 Å². The van der Waals surface area contributed by atoms with Crippen molar-refractivity contribution in [2.24, 2.45) is 11.8 Å². The Morgan fingerprint density at radius 2 is 1.89 bits per heavy atom. The lowest BCUT2D eigenvalue weighted by molar-refractivity contribution is -0.140. The predicted molar refractivity (Wildman–Crippen MR) is 137 cm³/mol. The van der Waals surface area contributed by atoms with Crippen LogP contribution in [0.15, 0.2) is 42.5 Å². The van der Waals surface area contributed by atoms with Crippen LogP contribution in [-0.4, -0.2) is 65.2 Å². The van der Waals surface area contributed by atoms with Gasteiger partial charge in [-0.25, -0.2) is 0 Å². The number of β-amino-alcohol motifs (C(OH)–C–C–N with tert-alkyl or cyclic N) is 1. The van der Waals surface area contributed by atoms with Crippen molar-refractivity contribution in [2.75, 3.05) is 30.4 Å². The van der Waals surface area contributed by atoms with Crippen LogP contribution >= 0.6 is 0 Å². The largest absolute Gasteiger partial charge is 0.494 e. The molecule has 3 heterocycles.